The first-order valence-corrected chi connectivity index (χ1v) is 13.1. The normalized spacial score (nSPS) is 14.0. The first kappa shape index (κ1) is 30.8. The molecule has 4 atom stereocenters. The minimum absolute atomic E-state index is 0.00403. The van der Waals surface area contributed by atoms with Gasteiger partial charge in [-0.1, -0.05) is 26.0 Å². The molecule has 0 aliphatic carbocycles. The van der Waals surface area contributed by atoms with E-state index in [1.807, 2.05) is 13.8 Å². The lowest BCUT2D eigenvalue weighted by atomic mass is 10.00. The molecule has 3 aromatic rings. The highest BCUT2D eigenvalue weighted by Crippen LogP contribution is 2.13. The zero-order chi connectivity index (χ0) is 29.9. The monoisotopic (exact) mass is 568 g/mol. The number of benzene rings is 1. The van der Waals surface area contributed by atoms with Crippen LogP contribution in [0.15, 0.2) is 49.3 Å². The summed E-state index contributed by atoms with van der Waals surface area (Å²) in [5, 5.41) is 27.2. The number of carbonyl (C=O) groups is 4. The van der Waals surface area contributed by atoms with Crippen molar-refractivity contribution >= 4 is 23.7 Å². The number of aromatic amines is 2. The van der Waals surface area contributed by atoms with E-state index in [9.17, 15) is 29.4 Å². The maximum atomic E-state index is 13.5. The molecule has 2 aromatic heterocycles. The van der Waals surface area contributed by atoms with Crippen LogP contribution in [0.3, 0.4) is 0 Å². The number of H-pyrrole nitrogens is 2. The number of rotatable bonds is 15. The van der Waals surface area contributed by atoms with E-state index >= 15 is 0 Å². The number of carbonyl (C=O) groups excluding carboxylic acids is 3. The molecule has 14 heteroatoms. The molecule has 9 N–H and O–H groups in total. The third kappa shape index (κ3) is 9.76. The minimum Gasteiger partial charge on any atom is -0.508 e. The maximum absolute atomic E-state index is 13.5. The van der Waals surface area contributed by atoms with Gasteiger partial charge in [-0.3, -0.25) is 14.4 Å². The number of aromatic nitrogens is 4. The van der Waals surface area contributed by atoms with Gasteiger partial charge in [-0.15, -0.1) is 0 Å². The summed E-state index contributed by atoms with van der Waals surface area (Å²) < 4.78 is 0. The van der Waals surface area contributed by atoms with Crippen molar-refractivity contribution in [1.29, 1.82) is 0 Å². The van der Waals surface area contributed by atoms with Crippen LogP contribution in [0.2, 0.25) is 0 Å². The molecular formula is C27H36N8O6. The fourth-order valence-corrected chi connectivity index (χ4v) is 4.15. The van der Waals surface area contributed by atoms with Crippen LogP contribution in [-0.4, -0.2) is 78.0 Å². The van der Waals surface area contributed by atoms with Crippen molar-refractivity contribution in [1.82, 2.24) is 35.9 Å². The highest BCUT2D eigenvalue weighted by molar-refractivity contribution is 5.94. The summed E-state index contributed by atoms with van der Waals surface area (Å²) in [6.07, 6.45) is 6.26. The van der Waals surface area contributed by atoms with Gasteiger partial charge in [0.2, 0.25) is 17.7 Å². The Morgan fingerprint density at radius 1 is 0.805 bits per heavy atom. The molecule has 0 spiro atoms. The number of hydrogen-bond donors (Lipinski definition) is 8. The van der Waals surface area contributed by atoms with Crippen molar-refractivity contribution in [2.24, 2.45) is 11.7 Å². The number of nitrogens with one attached hydrogen (secondary N) is 5. The summed E-state index contributed by atoms with van der Waals surface area (Å²) in [6.45, 7) is 3.76. The summed E-state index contributed by atoms with van der Waals surface area (Å²) >= 11 is 0. The predicted molar refractivity (Wildman–Crippen MR) is 147 cm³/mol. The Morgan fingerprint density at radius 3 is 1.88 bits per heavy atom. The summed E-state index contributed by atoms with van der Waals surface area (Å²) in [5.74, 6) is -3.14. The van der Waals surface area contributed by atoms with Crippen LogP contribution in [0.4, 0.5) is 0 Å². The van der Waals surface area contributed by atoms with Crippen LogP contribution in [0.25, 0.3) is 0 Å². The topological polar surface area (TPSA) is 228 Å². The van der Waals surface area contributed by atoms with Crippen molar-refractivity contribution in [2.75, 3.05) is 0 Å². The van der Waals surface area contributed by atoms with Crippen molar-refractivity contribution in [3.8, 4) is 5.75 Å². The van der Waals surface area contributed by atoms with Crippen LogP contribution >= 0.6 is 0 Å². The lowest BCUT2D eigenvalue weighted by Crippen LogP contribution is -2.58. The molecule has 0 bridgehead atoms. The van der Waals surface area contributed by atoms with Gasteiger partial charge < -0.3 is 41.9 Å². The average molecular weight is 569 g/mol. The molecule has 14 nitrogen and oxygen atoms in total. The second-order valence-corrected chi connectivity index (χ2v) is 10.2. The van der Waals surface area contributed by atoms with E-state index in [4.69, 9.17) is 5.73 Å². The molecule has 0 aliphatic rings. The van der Waals surface area contributed by atoms with E-state index in [-0.39, 0.29) is 37.4 Å². The maximum Gasteiger partial charge on any atom is 0.326 e. The fraction of sp³-hybridized carbons (Fsp3) is 0.407. The third-order valence-electron chi connectivity index (χ3n) is 6.27. The van der Waals surface area contributed by atoms with E-state index in [2.05, 4.69) is 35.9 Å². The van der Waals surface area contributed by atoms with Gasteiger partial charge in [0.1, 0.15) is 23.9 Å². The van der Waals surface area contributed by atoms with Gasteiger partial charge in [0.25, 0.3) is 0 Å². The minimum atomic E-state index is -1.30. The van der Waals surface area contributed by atoms with Gasteiger partial charge in [0.15, 0.2) is 0 Å². The highest BCUT2D eigenvalue weighted by atomic mass is 16.4. The quantitative estimate of drug-likeness (QED) is 0.121. The number of amides is 3. The van der Waals surface area contributed by atoms with Gasteiger partial charge in [-0.25, -0.2) is 14.8 Å². The number of nitrogens with two attached hydrogens (primary N) is 1. The van der Waals surface area contributed by atoms with Crippen molar-refractivity contribution in [3.05, 3.63) is 66.3 Å². The average Bonchev–Trinajstić information content (AvgIpc) is 3.63. The van der Waals surface area contributed by atoms with Crippen molar-refractivity contribution < 1.29 is 29.4 Å². The van der Waals surface area contributed by atoms with Gasteiger partial charge >= 0.3 is 5.97 Å². The molecule has 0 saturated heterocycles. The lowest BCUT2D eigenvalue weighted by molar-refractivity contribution is -0.142. The molecule has 41 heavy (non-hydrogen) atoms. The summed E-state index contributed by atoms with van der Waals surface area (Å²) in [4.78, 5) is 65.0. The van der Waals surface area contributed by atoms with Crippen LogP contribution in [-0.2, 0) is 38.4 Å². The second-order valence-electron chi connectivity index (χ2n) is 10.2. The number of nitrogens with zero attached hydrogens (tertiary/aromatic N) is 2. The predicted octanol–water partition coefficient (Wildman–Crippen LogP) is -0.221. The Bertz CT molecular complexity index is 1280. The zero-order valence-corrected chi connectivity index (χ0v) is 22.8. The molecule has 4 unspecified atom stereocenters. The SMILES string of the molecule is CC(C)CC(NC(=O)C(N)Cc1cnc[nH]1)C(=O)NC(Cc1ccc(O)cc1)C(=O)NC(Cc1cnc[nH]1)C(=O)O. The standard InChI is InChI=1S/C27H36N8O6/c1-15(2)7-21(33-24(37)20(28)9-17-11-29-13-31-17)25(38)34-22(8-16-3-5-19(36)6-4-16)26(39)35-23(27(40)41)10-18-12-30-14-32-18/h3-6,11-15,20-23,36H,7-10,28H2,1-2H3,(H,29,31)(H,30,32)(H,33,37)(H,34,38)(H,35,39)(H,40,41). The number of hydrogen-bond acceptors (Lipinski definition) is 8. The van der Waals surface area contributed by atoms with E-state index in [1.54, 1.807) is 18.3 Å². The molecule has 3 amide bonds. The molecule has 0 radical (unpaired) electrons. The number of aliphatic carboxylic acids is 1. The Balaban J connectivity index is 1.77. The molecule has 220 valence electrons. The molecule has 0 aliphatic heterocycles. The summed E-state index contributed by atoms with van der Waals surface area (Å²) in [7, 11) is 0. The number of phenols is 1. The summed E-state index contributed by atoms with van der Waals surface area (Å²) in [6, 6.07) is 1.60. The van der Waals surface area contributed by atoms with Crippen LogP contribution in [0.1, 0.15) is 37.2 Å². The Kier molecular flexibility index (Phi) is 11.0. The van der Waals surface area contributed by atoms with Crippen LogP contribution < -0.4 is 21.7 Å². The molecule has 3 rings (SSSR count). The Morgan fingerprint density at radius 2 is 1.34 bits per heavy atom. The van der Waals surface area contributed by atoms with E-state index < -0.39 is 47.9 Å². The fourth-order valence-electron chi connectivity index (χ4n) is 4.15. The van der Waals surface area contributed by atoms with E-state index in [0.717, 1.165) is 0 Å². The third-order valence-corrected chi connectivity index (χ3v) is 6.27. The first-order chi connectivity index (χ1) is 19.5. The first-order valence-electron chi connectivity index (χ1n) is 13.1. The largest absolute Gasteiger partial charge is 0.508 e. The highest BCUT2D eigenvalue weighted by Gasteiger charge is 2.31. The van der Waals surface area contributed by atoms with Gasteiger partial charge in [-0.2, -0.15) is 0 Å². The second kappa shape index (κ2) is 14.6. The molecule has 2 heterocycles. The zero-order valence-electron chi connectivity index (χ0n) is 22.8. The van der Waals surface area contributed by atoms with Crippen LogP contribution in [0.5, 0.6) is 5.75 Å². The molecule has 0 saturated carbocycles. The van der Waals surface area contributed by atoms with E-state index in [0.29, 0.717) is 17.0 Å². The van der Waals surface area contributed by atoms with Crippen LogP contribution in [0, 0.1) is 5.92 Å². The Labute approximate surface area is 236 Å². The molecular weight excluding hydrogens is 532 g/mol. The summed E-state index contributed by atoms with van der Waals surface area (Å²) in [5.41, 5.74) is 7.82. The lowest BCUT2D eigenvalue weighted by Gasteiger charge is -2.26. The van der Waals surface area contributed by atoms with Gasteiger partial charge in [0.05, 0.1) is 18.7 Å². The van der Waals surface area contributed by atoms with E-state index in [1.165, 1.54) is 31.0 Å². The number of carboxylic acid groups (broad SMARTS) is 1. The Hall–Kier alpha value is -4.72. The number of imidazole rings is 2. The van der Waals surface area contributed by atoms with Gasteiger partial charge in [-0.05, 0) is 30.0 Å². The van der Waals surface area contributed by atoms with Crippen molar-refractivity contribution in [2.45, 2.75) is 63.7 Å². The number of aromatic hydroxyl groups is 1. The van der Waals surface area contributed by atoms with Gasteiger partial charge in [0, 0.05) is 43.0 Å². The number of phenolic OH excluding ortho intramolecular Hbond substituents is 1. The number of carboxylic acids is 1. The molecule has 1 aromatic carbocycles. The smallest absolute Gasteiger partial charge is 0.326 e. The van der Waals surface area contributed by atoms with Crippen molar-refractivity contribution in [3.63, 3.8) is 0 Å². The molecule has 0 fully saturated rings.